The Hall–Kier alpha value is -1.19. The summed E-state index contributed by atoms with van der Waals surface area (Å²) in [6.07, 6.45) is 0. The summed E-state index contributed by atoms with van der Waals surface area (Å²) in [6.45, 7) is 13.8. The molecule has 194 valence electrons. The summed E-state index contributed by atoms with van der Waals surface area (Å²) in [7, 11) is 12.4. The summed E-state index contributed by atoms with van der Waals surface area (Å²) < 4.78 is 0. The molecule has 5 heteroatoms. The Kier molecular flexibility index (Phi) is 11.3. The second-order valence-electron chi connectivity index (χ2n) is 10.5. The van der Waals surface area contributed by atoms with Crippen LogP contribution in [0.4, 0.5) is 0 Å². The van der Waals surface area contributed by atoms with Gasteiger partial charge in [-0.25, -0.2) is 12.1 Å². The second-order valence-corrected chi connectivity index (χ2v) is 22.0. The molecule has 4 aromatic carbocycles. The van der Waals surface area contributed by atoms with E-state index in [1.54, 1.807) is 0 Å². The Balaban J connectivity index is 0.000000886. The van der Waals surface area contributed by atoms with E-state index in [0.29, 0.717) is 17.8 Å². The van der Waals surface area contributed by atoms with Gasteiger partial charge in [0.05, 0.1) is 0 Å². The molecule has 0 saturated heterocycles. The first-order valence-electron chi connectivity index (χ1n) is 12.9. The number of halogens is 3. The monoisotopic (exact) mass is 602 g/mol. The molecule has 0 aromatic heterocycles. The van der Waals surface area contributed by atoms with Crippen molar-refractivity contribution in [3.8, 4) is 0 Å². The fraction of sp³-hybridized carbons (Fsp3) is 0.281. The van der Waals surface area contributed by atoms with Crippen molar-refractivity contribution in [2.45, 2.75) is 59.3 Å². The van der Waals surface area contributed by atoms with Crippen LogP contribution < -0.4 is 20.7 Å². The van der Waals surface area contributed by atoms with Crippen molar-refractivity contribution in [2.24, 2.45) is 0 Å². The third-order valence-electron chi connectivity index (χ3n) is 7.05. The van der Waals surface area contributed by atoms with Crippen LogP contribution in [0.5, 0.6) is 0 Å². The van der Waals surface area contributed by atoms with Gasteiger partial charge in [0.25, 0.3) is 0 Å². The van der Waals surface area contributed by atoms with Gasteiger partial charge in [-0.05, 0) is 34.4 Å². The molecule has 0 aliphatic carbocycles. The van der Waals surface area contributed by atoms with Crippen molar-refractivity contribution >= 4 is 56.7 Å². The first kappa shape index (κ1) is 30.4. The van der Waals surface area contributed by atoms with Crippen LogP contribution in [0, 0.1) is 0 Å². The maximum atomic E-state index is 4.97. The van der Waals surface area contributed by atoms with E-state index in [1.807, 2.05) is 0 Å². The van der Waals surface area contributed by atoms with E-state index in [-0.39, 0.29) is 0 Å². The molecule has 0 nitrogen and oxygen atoms in total. The molecule has 0 atom stereocenters. The van der Waals surface area contributed by atoms with Crippen LogP contribution in [-0.2, 0) is 14.7 Å². The molecule has 0 N–H and O–H groups in total. The van der Waals surface area contributed by atoms with E-state index < -0.39 is 22.8 Å². The van der Waals surface area contributed by atoms with Crippen molar-refractivity contribution in [3.05, 3.63) is 114 Å². The summed E-state index contributed by atoms with van der Waals surface area (Å²) in [5.41, 5.74) is 4.24. The molecule has 0 fully saturated rings. The Labute approximate surface area is 242 Å². The molecule has 0 amide bonds. The molecule has 0 bridgehead atoms. The molecule has 4 aromatic rings. The summed E-state index contributed by atoms with van der Waals surface area (Å²) in [5, 5.41) is 5.88. The summed E-state index contributed by atoms with van der Waals surface area (Å²) in [6, 6.07) is 37.4. The number of hydrogen-bond donors (Lipinski definition) is 0. The van der Waals surface area contributed by atoms with Crippen molar-refractivity contribution in [3.63, 3.8) is 0 Å². The van der Waals surface area contributed by atoms with Gasteiger partial charge >= 0.3 is 42.6 Å². The van der Waals surface area contributed by atoms with Gasteiger partial charge in [-0.1, -0.05) is 130 Å². The van der Waals surface area contributed by atoms with Crippen molar-refractivity contribution in [2.75, 3.05) is 0 Å². The van der Waals surface area contributed by atoms with E-state index in [2.05, 4.69) is 139 Å². The van der Waals surface area contributed by atoms with Crippen LogP contribution in [0.25, 0.3) is 0 Å². The fourth-order valence-electron chi connectivity index (χ4n) is 5.02. The average molecular weight is 604 g/mol. The van der Waals surface area contributed by atoms with Crippen LogP contribution in [0.15, 0.2) is 97.1 Å². The molecule has 0 heterocycles. The van der Waals surface area contributed by atoms with E-state index in [0.717, 1.165) is 0 Å². The molecule has 4 rings (SSSR count). The predicted molar refractivity (Wildman–Crippen MR) is 165 cm³/mol. The van der Waals surface area contributed by atoms with E-state index in [1.165, 1.54) is 37.4 Å². The molecule has 37 heavy (non-hydrogen) atoms. The minimum atomic E-state index is -2.48. The zero-order valence-corrected chi connectivity index (χ0v) is 27.4. The normalized spacial score (nSPS) is 11.6. The van der Waals surface area contributed by atoms with Gasteiger partial charge in [0.2, 0.25) is 0 Å². The molecule has 0 radical (unpaired) electrons. The van der Waals surface area contributed by atoms with Crippen LogP contribution in [0.3, 0.4) is 0 Å². The number of rotatable bonds is 7. The maximum absolute atomic E-state index is 4.97. The molecular weight excluding hydrogens is 567 g/mol. The molecule has 0 spiro atoms. The predicted octanol–water partition coefficient (Wildman–Crippen LogP) is 8.22. The van der Waals surface area contributed by atoms with Crippen molar-refractivity contribution in [1.82, 2.24) is 0 Å². The van der Waals surface area contributed by atoms with E-state index >= 15 is 0 Å². The Morgan fingerprint density at radius 3 is 1.11 bits per heavy atom. The first-order chi connectivity index (χ1) is 17.6. The van der Waals surface area contributed by atoms with Crippen LogP contribution in [0.2, 0.25) is 0 Å². The average Bonchev–Trinajstić information content (AvgIpc) is 3.40. The first-order valence-corrected chi connectivity index (χ1v) is 21.4. The van der Waals surface area contributed by atoms with Gasteiger partial charge in [-0.2, -0.15) is 12.1 Å². The summed E-state index contributed by atoms with van der Waals surface area (Å²) >= 11 is -1.92. The zero-order chi connectivity index (χ0) is 27.2. The Bertz CT molecular complexity index is 1130. The SMILES string of the molecule is CC(C)c1cccc([Si](c2cccc(C(C)C)c2)(c2cccc(C(C)C)c2)[c-]2cccc2)c1.[Cl][Ti+]([Cl])[Cl]. The molecule has 0 saturated carbocycles. The Morgan fingerprint density at radius 1 is 0.541 bits per heavy atom. The van der Waals surface area contributed by atoms with Gasteiger partial charge in [0.15, 0.2) is 0 Å². The third kappa shape index (κ3) is 7.27. The van der Waals surface area contributed by atoms with Crippen LogP contribution in [0.1, 0.15) is 76.0 Å². The molecule has 0 aliphatic rings. The summed E-state index contributed by atoms with van der Waals surface area (Å²) in [4.78, 5) is 0. The number of hydrogen-bond acceptors (Lipinski definition) is 0. The van der Waals surface area contributed by atoms with E-state index in [9.17, 15) is 0 Å². The van der Waals surface area contributed by atoms with Crippen LogP contribution in [-0.4, -0.2) is 8.07 Å². The molecule has 0 unspecified atom stereocenters. The zero-order valence-electron chi connectivity index (χ0n) is 22.6. The van der Waals surface area contributed by atoms with Gasteiger partial charge < -0.3 is 0 Å². The Morgan fingerprint density at radius 2 is 0.838 bits per heavy atom. The summed E-state index contributed by atoms with van der Waals surface area (Å²) in [5.74, 6) is 1.50. The van der Waals surface area contributed by atoms with Gasteiger partial charge in [-0.15, -0.1) is 5.19 Å². The van der Waals surface area contributed by atoms with Crippen molar-refractivity contribution < 1.29 is 14.7 Å². The van der Waals surface area contributed by atoms with Crippen LogP contribution >= 0.6 is 27.9 Å². The quantitative estimate of drug-likeness (QED) is 0.113. The van der Waals surface area contributed by atoms with Gasteiger partial charge in [-0.3, -0.25) is 0 Å². The third-order valence-corrected chi connectivity index (χ3v) is 11.8. The van der Waals surface area contributed by atoms with E-state index in [4.69, 9.17) is 27.9 Å². The number of benzene rings is 3. The minimum absolute atomic E-state index is 0.500. The molecular formula is C32H37Cl3SiTi. The standard InChI is InChI=1S/C32H37Si.3ClH.Ti/c1-23(2)26-12-9-17-30(20-26)33(29-15-7-8-16-29,31-18-10-13-27(21-31)24(3)4)32-19-11-14-28(22-32)25(5)6;;;;/h7-25H,1-6H3;3*1H;/q-1;;;;+4/p-3. The van der Waals surface area contributed by atoms with Gasteiger partial charge in [0.1, 0.15) is 8.07 Å². The second kappa shape index (κ2) is 13.7. The molecule has 0 aliphatic heterocycles. The van der Waals surface area contributed by atoms with Crippen molar-refractivity contribution in [1.29, 1.82) is 0 Å². The topological polar surface area (TPSA) is 0 Å². The fourth-order valence-corrected chi connectivity index (χ4v) is 9.90. The van der Waals surface area contributed by atoms with Gasteiger partial charge in [0, 0.05) is 0 Å².